The molecule has 18 heavy (non-hydrogen) atoms. The van der Waals surface area contributed by atoms with Crippen LogP contribution in [-0.4, -0.2) is 25.0 Å². The third-order valence-corrected chi connectivity index (χ3v) is 4.29. The number of benzene rings is 1. The van der Waals surface area contributed by atoms with E-state index in [2.05, 4.69) is 18.3 Å². The van der Waals surface area contributed by atoms with Crippen LogP contribution in [0.2, 0.25) is 0 Å². The zero-order valence-corrected chi connectivity index (χ0v) is 11.6. The summed E-state index contributed by atoms with van der Waals surface area (Å²) in [7, 11) is 0. The Morgan fingerprint density at radius 1 is 1.33 bits per heavy atom. The van der Waals surface area contributed by atoms with E-state index in [0.717, 1.165) is 49.6 Å². The van der Waals surface area contributed by atoms with E-state index in [0.29, 0.717) is 5.25 Å². The molecule has 0 aliphatic carbocycles. The van der Waals surface area contributed by atoms with E-state index in [1.807, 2.05) is 0 Å². The highest BCUT2D eigenvalue weighted by atomic mass is 32.2. The Bertz CT molecular complexity index is 380. The topological polar surface area (TPSA) is 21.3 Å². The van der Waals surface area contributed by atoms with Gasteiger partial charge in [-0.3, -0.25) is 0 Å². The lowest BCUT2D eigenvalue weighted by Gasteiger charge is -2.21. The van der Waals surface area contributed by atoms with Crippen LogP contribution in [0.5, 0.6) is 0 Å². The summed E-state index contributed by atoms with van der Waals surface area (Å²) >= 11 is 1.78. The maximum atomic E-state index is 13.5. The van der Waals surface area contributed by atoms with Crippen molar-refractivity contribution in [3.05, 3.63) is 29.6 Å². The van der Waals surface area contributed by atoms with Crippen LogP contribution in [0.25, 0.3) is 0 Å². The summed E-state index contributed by atoms with van der Waals surface area (Å²) in [5.41, 5.74) is 1.02. The molecule has 1 aliphatic rings. The van der Waals surface area contributed by atoms with Crippen molar-refractivity contribution in [2.45, 2.75) is 36.5 Å². The average Bonchev–Trinajstić information content (AvgIpc) is 2.37. The molecule has 2 nitrogen and oxygen atoms in total. The molecule has 0 saturated carbocycles. The van der Waals surface area contributed by atoms with Crippen molar-refractivity contribution in [2.75, 3.05) is 19.8 Å². The van der Waals surface area contributed by atoms with Gasteiger partial charge in [0.1, 0.15) is 5.82 Å². The van der Waals surface area contributed by atoms with Crippen molar-refractivity contribution < 1.29 is 9.13 Å². The summed E-state index contributed by atoms with van der Waals surface area (Å²) < 4.78 is 18.9. The molecule has 0 aromatic heterocycles. The van der Waals surface area contributed by atoms with Crippen LogP contribution in [0, 0.1) is 5.82 Å². The minimum Gasteiger partial charge on any atom is -0.381 e. The van der Waals surface area contributed by atoms with E-state index in [1.54, 1.807) is 23.9 Å². The minimum absolute atomic E-state index is 0.139. The molecular weight excluding hydrogens is 249 g/mol. The molecule has 0 atom stereocenters. The van der Waals surface area contributed by atoms with Crippen molar-refractivity contribution in [3.8, 4) is 0 Å². The van der Waals surface area contributed by atoms with Crippen molar-refractivity contribution in [2.24, 2.45) is 0 Å². The Hall–Kier alpha value is -0.580. The summed E-state index contributed by atoms with van der Waals surface area (Å²) in [6.07, 6.45) is 2.12. The highest BCUT2D eigenvalue weighted by molar-refractivity contribution is 8.00. The van der Waals surface area contributed by atoms with Gasteiger partial charge >= 0.3 is 0 Å². The van der Waals surface area contributed by atoms with E-state index in [4.69, 9.17) is 4.74 Å². The predicted octanol–water partition coefficient (Wildman–Crippen LogP) is 3.21. The third kappa shape index (κ3) is 4.26. The van der Waals surface area contributed by atoms with Crippen LogP contribution < -0.4 is 5.32 Å². The van der Waals surface area contributed by atoms with E-state index in [-0.39, 0.29) is 5.82 Å². The lowest BCUT2D eigenvalue weighted by Crippen LogP contribution is -2.17. The first-order valence-corrected chi connectivity index (χ1v) is 7.40. The fourth-order valence-corrected chi connectivity index (χ4v) is 3.26. The molecule has 0 spiro atoms. The lowest BCUT2D eigenvalue weighted by atomic mass is 10.2. The van der Waals surface area contributed by atoms with Crippen LogP contribution in [0.4, 0.5) is 4.39 Å². The lowest BCUT2D eigenvalue weighted by molar-refractivity contribution is 0.100. The largest absolute Gasteiger partial charge is 0.381 e. The number of thioether (sulfide) groups is 1. The Morgan fingerprint density at radius 3 is 2.83 bits per heavy atom. The van der Waals surface area contributed by atoms with Gasteiger partial charge in [0, 0.05) is 29.9 Å². The maximum absolute atomic E-state index is 13.5. The second kappa shape index (κ2) is 7.12. The smallest absolute Gasteiger partial charge is 0.124 e. The monoisotopic (exact) mass is 269 g/mol. The molecule has 1 fully saturated rings. The van der Waals surface area contributed by atoms with E-state index >= 15 is 0 Å². The van der Waals surface area contributed by atoms with E-state index in [9.17, 15) is 4.39 Å². The molecule has 4 heteroatoms. The molecule has 0 unspecified atom stereocenters. The first kappa shape index (κ1) is 13.8. The normalized spacial score (nSPS) is 17.0. The third-order valence-electron chi connectivity index (χ3n) is 2.98. The minimum atomic E-state index is -0.139. The van der Waals surface area contributed by atoms with Crippen LogP contribution in [0.15, 0.2) is 23.1 Å². The van der Waals surface area contributed by atoms with Gasteiger partial charge in [-0.2, -0.15) is 0 Å². The highest BCUT2D eigenvalue weighted by Crippen LogP contribution is 2.30. The summed E-state index contributed by atoms with van der Waals surface area (Å²) in [5.74, 6) is -0.139. The quantitative estimate of drug-likeness (QED) is 0.887. The number of ether oxygens (including phenoxy) is 1. The van der Waals surface area contributed by atoms with Crippen LogP contribution in [0.3, 0.4) is 0 Å². The summed E-state index contributed by atoms with van der Waals surface area (Å²) in [5, 5.41) is 3.79. The van der Waals surface area contributed by atoms with Gasteiger partial charge in [-0.05, 0) is 43.1 Å². The maximum Gasteiger partial charge on any atom is 0.124 e. The first-order valence-electron chi connectivity index (χ1n) is 6.52. The van der Waals surface area contributed by atoms with Gasteiger partial charge in [0.15, 0.2) is 0 Å². The molecule has 1 saturated heterocycles. The van der Waals surface area contributed by atoms with Gasteiger partial charge < -0.3 is 10.1 Å². The number of hydrogen-bond acceptors (Lipinski definition) is 3. The van der Waals surface area contributed by atoms with Gasteiger partial charge in [-0.1, -0.05) is 6.92 Å². The standard InChI is InChI=1S/C14H20FNOS/c1-2-16-10-11-7-12(15)9-14(8-11)18-13-3-5-17-6-4-13/h7-9,13,16H,2-6,10H2,1H3. The van der Waals surface area contributed by atoms with Crippen LogP contribution >= 0.6 is 11.8 Å². The molecule has 1 N–H and O–H groups in total. The predicted molar refractivity (Wildman–Crippen MR) is 73.5 cm³/mol. The summed E-state index contributed by atoms with van der Waals surface area (Å²) in [6.45, 7) is 5.35. The Balaban J connectivity index is 1.99. The van der Waals surface area contributed by atoms with Crippen molar-refractivity contribution in [3.63, 3.8) is 0 Å². The second-order valence-corrected chi connectivity index (χ2v) is 5.88. The number of hydrogen-bond donors (Lipinski definition) is 1. The first-order chi connectivity index (χ1) is 8.78. The van der Waals surface area contributed by atoms with E-state index < -0.39 is 0 Å². The zero-order chi connectivity index (χ0) is 12.8. The van der Waals surface area contributed by atoms with Gasteiger partial charge in [-0.25, -0.2) is 4.39 Å². The SMILES string of the molecule is CCNCc1cc(F)cc(SC2CCOCC2)c1. The second-order valence-electron chi connectivity index (χ2n) is 4.51. The molecule has 1 aromatic rings. The fourth-order valence-electron chi connectivity index (χ4n) is 2.05. The van der Waals surface area contributed by atoms with Gasteiger partial charge in [0.2, 0.25) is 0 Å². The van der Waals surface area contributed by atoms with Gasteiger partial charge in [-0.15, -0.1) is 11.8 Å². The number of nitrogens with one attached hydrogen (secondary N) is 1. The Kier molecular flexibility index (Phi) is 5.47. The fraction of sp³-hybridized carbons (Fsp3) is 0.571. The molecule has 0 amide bonds. The highest BCUT2D eigenvalue weighted by Gasteiger charge is 2.15. The number of halogens is 1. The Labute approximate surface area is 112 Å². The van der Waals surface area contributed by atoms with E-state index in [1.165, 1.54) is 0 Å². The molecule has 100 valence electrons. The molecule has 0 bridgehead atoms. The molecule has 1 aromatic carbocycles. The average molecular weight is 269 g/mol. The molecular formula is C14H20FNOS. The van der Waals surface area contributed by atoms with Crippen molar-refractivity contribution >= 4 is 11.8 Å². The molecule has 0 radical (unpaired) electrons. The van der Waals surface area contributed by atoms with Crippen molar-refractivity contribution in [1.29, 1.82) is 0 Å². The van der Waals surface area contributed by atoms with Crippen LogP contribution in [0.1, 0.15) is 25.3 Å². The summed E-state index contributed by atoms with van der Waals surface area (Å²) in [4.78, 5) is 1.04. The van der Waals surface area contributed by atoms with Gasteiger partial charge in [0.25, 0.3) is 0 Å². The Morgan fingerprint density at radius 2 is 2.11 bits per heavy atom. The zero-order valence-electron chi connectivity index (χ0n) is 10.7. The van der Waals surface area contributed by atoms with Gasteiger partial charge in [0.05, 0.1) is 0 Å². The molecule has 1 heterocycles. The molecule has 2 rings (SSSR count). The summed E-state index contributed by atoms with van der Waals surface area (Å²) in [6, 6.07) is 5.33. The van der Waals surface area contributed by atoms with Crippen LogP contribution in [-0.2, 0) is 11.3 Å². The number of rotatable bonds is 5. The van der Waals surface area contributed by atoms with Crippen molar-refractivity contribution in [1.82, 2.24) is 5.32 Å². The molecule has 1 aliphatic heterocycles.